The first-order valence-electron chi connectivity index (χ1n) is 37.5. The molecule has 0 amide bonds. The summed E-state index contributed by atoms with van der Waals surface area (Å²) in [7, 11) is 0. The second-order valence-electron chi connectivity index (χ2n) is 28.1. The van der Waals surface area contributed by atoms with Crippen molar-refractivity contribution in [2.24, 2.45) is 0 Å². The standard InChI is InChI=1S/2C51H32N4O/c1-5-15-33(16-6-1)37-29-38(34-17-7-2-8-18-34)31-39(30-37)51-53-49(35-19-9-3-10-20-35)52-50(54-51)36-25-26-41-42-27-28-45-47(48(42)56-46(41)32-36)43-23-13-14-24-44(43)55(45)40-21-11-4-12-22-40;1-4-14-33(15-5-1)35-18-12-20-37(30-35)49-52-50(38-21-13-19-36(31-38)34-16-6-2-7-17-34)54-51(53-49)39-26-27-41-42-28-29-45-47(48(42)56-46(41)32-39)43-24-10-11-25-44(43)55(45)40-22-8-3-9-23-40/h2*1-32H. The first-order valence-corrected chi connectivity index (χ1v) is 37.5. The SMILES string of the molecule is c1ccc(-c2cc(-c3ccccc3)cc(-c3nc(-c4ccccc4)nc(-c4ccc5c(c4)oc4c5ccc5c4c4ccccc4n5-c4ccccc4)n3)c2)cc1.c1ccc(-c2cccc(-c3nc(-c4cccc(-c5ccccc5)c4)nc(-c4ccc5c(c4)oc4c5ccc5c4c4ccccc4n5-c4ccccc4)n3)c2)cc1. The largest absolute Gasteiger partial charge is 0.455 e. The van der Waals surface area contributed by atoms with Crippen LogP contribution < -0.4 is 0 Å². The van der Waals surface area contributed by atoms with Gasteiger partial charge in [-0.1, -0.05) is 273 Å². The molecule has 0 atom stereocenters. The molecule has 10 nitrogen and oxygen atoms in total. The van der Waals surface area contributed by atoms with Crippen LogP contribution in [-0.4, -0.2) is 39.0 Å². The summed E-state index contributed by atoms with van der Waals surface area (Å²) >= 11 is 0. The van der Waals surface area contributed by atoms with Gasteiger partial charge in [0.1, 0.15) is 22.3 Å². The van der Waals surface area contributed by atoms with E-state index in [4.69, 9.17) is 38.7 Å². The second-order valence-corrected chi connectivity index (χ2v) is 28.1. The summed E-state index contributed by atoms with van der Waals surface area (Å²) in [6.07, 6.45) is 0. The highest BCUT2D eigenvalue weighted by molar-refractivity contribution is 6.25. The molecule has 0 aliphatic carbocycles. The quantitative estimate of drug-likeness (QED) is 0.119. The highest BCUT2D eigenvalue weighted by atomic mass is 16.3. The summed E-state index contributed by atoms with van der Waals surface area (Å²) in [5, 5.41) is 8.73. The summed E-state index contributed by atoms with van der Waals surface area (Å²) in [5.41, 5.74) is 24.3. The molecule has 0 saturated heterocycles. The third-order valence-corrected chi connectivity index (χ3v) is 21.3. The van der Waals surface area contributed by atoms with Gasteiger partial charge in [-0.3, -0.25) is 0 Å². The molecule has 524 valence electrons. The Kier molecular flexibility index (Phi) is 16.0. The molecule has 112 heavy (non-hydrogen) atoms. The van der Waals surface area contributed by atoms with Gasteiger partial charge in [0.2, 0.25) is 0 Å². The van der Waals surface area contributed by atoms with Gasteiger partial charge in [0, 0.05) is 77.1 Å². The van der Waals surface area contributed by atoms with Crippen molar-refractivity contribution < 1.29 is 8.83 Å². The van der Waals surface area contributed by atoms with Crippen LogP contribution in [0, 0.1) is 0 Å². The Labute approximate surface area is 643 Å². The Balaban J connectivity index is 0.000000141. The van der Waals surface area contributed by atoms with E-state index in [0.717, 1.165) is 177 Å². The molecule has 0 fully saturated rings. The van der Waals surface area contributed by atoms with Crippen molar-refractivity contribution in [3.63, 3.8) is 0 Å². The van der Waals surface area contributed by atoms with Gasteiger partial charge < -0.3 is 18.0 Å². The molecule has 0 saturated carbocycles. The Hall–Kier alpha value is -15.3. The van der Waals surface area contributed by atoms with Gasteiger partial charge in [0.15, 0.2) is 34.9 Å². The number of aromatic nitrogens is 8. The number of fused-ring (bicyclic) bond motifs is 14. The maximum atomic E-state index is 6.86. The number of benzene rings is 16. The van der Waals surface area contributed by atoms with Gasteiger partial charge in [-0.2, -0.15) is 0 Å². The van der Waals surface area contributed by atoms with E-state index in [9.17, 15) is 0 Å². The minimum absolute atomic E-state index is 0.577. The van der Waals surface area contributed by atoms with Crippen LogP contribution in [0.5, 0.6) is 0 Å². The smallest absolute Gasteiger partial charge is 0.164 e. The summed E-state index contributed by atoms with van der Waals surface area (Å²) in [4.78, 5) is 30.8. The maximum Gasteiger partial charge on any atom is 0.164 e. The van der Waals surface area contributed by atoms with Crippen LogP contribution in [0.15, 0.2) is 397 Å². The highest BCUT2D eigenvalue weighted by Crippen LogP contribution is 2.45. The van der Waals surface area contributed by atoms with E-state index >= 15 is 0 Å². The third-order valence-electron chi connectivity index (χ3n) is 21.3. The highest BCUT2D eigenvalue weighted by Gasteiger charge is 2.24. The van der Waals surface area contributed by atoms with Crippen molar-refractivity contribution in [1.29, 1.82) is 0 Å². The maximum absolute atomic E-state index is 6.86. The van der Waals surface area contributed by atoms with Crippen LogP contribution in [0.25, 0.3) is 212 Å². The van der Waals surface area contributed by atoms with Crippen LogP contribution >= 0.6 is 0 Å². The van der Waals surface area contributed by atoms with E-state index in [2.05, 4.69) is 343 Å². The molecule has 0 N–H and O–H groups in total. The lowest BCUT2D eigenvalue weighted by molar-refractivity contribution is 0.672. The van der Waals surface area contributed by atoms with E-state index in [0.29, 0.717) is 34.9 Å². The second kappa shape index (κ2) is 27.5. The molecule has 0 bridgehead atoms. The van der Waals surface area contributed by atoms with Crippen molar-refractivity contribution in [1.82, 2.24) is 39.0 Å². The molecule has 22 aromatic rings. The van der Waals surface area contributed by atoms with Crippen LogP contribution in [0.2, 0.25) is 0 Å². The summed E-state index contributed by atoms with van der Waals surface area (Å²) in [6, 6.07) is 135. The van der Waals surface area contributed by atoms with Gasteiger partial charge >= 0.3 is 0 Å². The predicted octanol–water partition coefficient (Wildman–Crippen LogP) is 26.4. The molecular formula is C102H64N8O2. The van der Waals surface area contributed by atoms with Crippen LogP contribution in [0.4, 0.5) is 0 Å². The number of furan rings is 2. The normalized spacial score (nSPS) is 11.6. The lowest BCUT2D eigenvalue weighted by Crippen LogP contribution is -2.00. The van der Waals surface area contributed by atoms with Gasteiger partial charge in [0.05, 0.1) is 32.8 Å². The minimum Gasteiger partial charge on any atom is -0.455 e. The van der Waals surface area contributed by atoms with Crippen molar-refractivity contribution in [2.75, 3.05) is 0 Å². The molecule has 0 aliphatic heterocycles. The van der Waals surface area contributed by atoms with Crippen LogP contribution in [-0.2, 0) is 0 Å². The summed E-state index contributed by atoms with van der Waals surface area (Å²) in [5.74, 6) is 3.57. The van der Waals surface area contributed by atoms with Gasteiger partial charge in [-0.05, 0) is 160 Å². The van der Waals surface area contributed by atoms with Crippen molar-refractivity contribution >= 4 is 87.5 Å². The molecule has 0 unspecified atom stereocenters. The fourth-order valence-electron chi connectivity index (χ4n) is 16.0. The van der Waals surface area contributed by atoms with Crippen molar-refractivity contribution in [2.45, 2.75) is 0 Å². The van der Waals surface area contributed by atoms with Gasteiger partial charge in [0.25, 0.3) is 0 Å². The fraction of sp³-hybridized carbons (Fsp3) is 0. The van der Waals surface area contributed by atoms with E-state index in [1.807, 2.05) is 54.6 Å². The number of hydrogen-bond acceptors (Lipinski definition) is 8. The molecular weight excluding hydrogens is 1370 g/mol. The number of para-hydroxylation sites is 4. The Morgan fingerprint density at radius 3 is 0.839 bits per heavy atom. The Morgan fingerprint density at radius 1 is 0.170 bits per heavy atom. The predicted molar refractivity (Wildman–Crippen MR) is 457 cm³/mol. The molecule has 6 aromatic heterocycles. The number of nitrogens with zero attached hydrogens (tertiary/aromatic N) is 8. The molecule has 0 radical (unpaired) electrons. The van der Waals surface area contributed by atoms with Crippen molar-refractivity contribution in [3.8, 4) is 124 Å². The monoisotopic (exact) mass is 1430 g/mol. The van der Waals surface area contributed by atoms with Crippen LogP contribution in [0.3, 0.4) is 0 Å². The zero-order valence-corrected chi connectivity index (χ0v) is 60.3. The van der Waals surface area contributed by atoms with E-state index in [-0.39, 0.29) is 0 Å². The van der Waals surface area contributed by atoms with E-state index < -0.39 is 0 Å². The number of hydrogen-bond donors (Lipinski definition) is 0. The summed E-state index contributed by atoms with van der Waals surface area (Å²) < 4.78 is 18.4. The van der Waals surface area contributed by atoms with Gasteiger partial charge in [-0.15, -0.1) is 0 Å². The fourth-order valence-corrected chi connectivity index (χ4v) is 16.0. The zero-order valence-electron chi connectivity index (χ0n) is 60.3. The molecule has 16 aromatic carbocycles. The first kappa shape index (κ1) is 65.1. The molecule has 10 heteroatoms. The molecule has 22 rings (SSSR count). The first-order chi connectivity index (χ1) is 55.5. The molecule has 0 spiro atoms. The molecule has 6 heterocycles. The average molecular weight is 1430 g/mol. The molecule has 0 aliphatic rings. The van der Waals surface area contributed by atoms with E-state index in [1.165, 1.54) is 0 Å². The lowest BCUT2D eigenvalue weighted by Gasteiger charge is -2.12. The van der Waals surface area contributed by atoms with E-state index in [1.54, 1.807) is 0 Å². The Morgan fingerprint density at radius 2 is 0.446 bits per heavy atom. The topological polar surface area (TPSA) is 113 Å². The zero-order chi connectivity index (χ0) is 74.0. The summed E-state index contributed by atoms with van der Waals surface area (Å²) in [6.45, 7) is 0. The third kappa shape index (κ3) is 11.7. The van der Waals surface area contributed by atoms with Gasteiger partial charge in [-0.25, -0.2) is 29.9 Å². The average Bonchev–Trinajstić information content (AvgIpc) is 1.56. The van der Waals surface area contributed by atoms with Crippen LogP contribution in [0.1, 0.15) is 0 Å². The number of rotatable bonds is 12. The van der Waals surface area contributed by atoms with Crippen molar-refractivity contribution in [3.05, 3.63) is 388 Å². The Bertz CT molecular complexity index is 6960. The minimum atomic E-state index is 0.577. The lowest BCUT2D eigenvalue weighted by atomic mass is 9.96.